The highest BCUT2D eigenvalue weighted by molar-refractivity contribution is 7.87. The molecule has 0 saturated carbocycles. The summed E-state index contributed by atoms with van der Waals surface area (Å²) >= 11 is 0. The maximum atomic E-state index is 12.4. The Labute approximate surface area is 172 Å². The van der Waals surface area contributed by atoms with Crippen LogP contribution < -0.4 is 4.18 Å². The number of aryl methyl sites for hydroxylation is 1. The second-order valence-electron chi connectivity index (χ2n) is 7.49. The molecule has 1 unspecified atom stereocenters. The minimum atomic E-state index is -3.82. The molecule has 4 heteroatoms. The van der Waals surface area contributed by atoms with Gasteiger partial charge in [-0.2, -0.15) is 8.42 Å². The summed E-state index contributed by atoms with van der Waals surface area (Å²) in [6.07, 6.45) is 5.47. The van der Waals surface area contributed by atoms with Crippen LogP contribution >= 0.6 is 0 Å². The molecule has 0 aliphatic heterocycles. The number of hydrogen-bond donors (Lipinski definition) is 0. The fraction of sp³-hybridized carbons (Fsp3) is 0.200. The summed E-state index contributed by atoms with van der Waals surface area (Å²) in [6, 6.07) is 24.6. The monoisotopic (exact) mass is 404 g/mol. The van der Waals surface area contributed by atoms with Crippen molar-refractivity contribution in [2.75, 3.05) is 0 Å². The van der Waals surface area contributed by atoms with Crippen molar-refractivity contribution in [1.29, 1.82) is 0 Å². The largest absolute Gasteiger partial charge is 0.379 e. The molecule has 1 aliphatic rings. The van der Waals surface area contributed by atoms with Gasteiger partial charge in [0.25, 0.3) is 0 Å². The Morgan fingerprint density at radius 1 is 0.862 bits per heavy atom. The average molecular weight is 405 g/mol. The molecule has 0 spiro atoms. The molecule has 0 saturated heterocycles. The first-order valence-electron chi connectivity index (χ1n) is 9.87. The molecule has 3 nitrogen and oxygen atoms in total. The Kier molecular flexibility index (Phi) is 5.54. The van der Waals surface area contributed by atoms with E-state index in [1.54, 1.807) is 36.4 Å². The van der Waals surface area contributed by atoms with E-state index < -0.39 is 10.1 Å². The van der Waals surface area contributed by atoms with E-state index in [0.29, 0.717) is 11.7 Å². The third-order valence-corrected chi connectivity index (χ3v) is 6.68. The van der Waals surface area contributed by atoms with Crippen LogP contribution in [0.2, 0.25) is 0 Å². The minimum Gasteiger partial charge on any atom is -0.379 e. The van der Waals surface area contributed by atoms with Gasteiger partial charge >= 0.3 is 10.1 Å². The van der Waals surface area contributed by atoms with E-state index in [-0.39, 0.29) is 4.90 Å². The zero-order valence-corrected chi connectivity index (χ0v) is 17.2. The smallest absolute Gasteiger partial charge is 0.339 e. The minimum absolute atomic E-state index is 0.161. The lowest BCUT2D eigenvalue weighted by Gasteiger charge is -2.22. The predicted octanol–water partition coefficient (Wildman–Crippen LogP) is 6.11. The third kappa shape index (κ3) is 4.60. The highest BCUT2D eigenvalue weighted by atomic mass is 32.2. The standard InChI is InChI=1S/C25H24O3S/c1-19-7-17-25(18-8-19)29(26,27)28-24-15-13-23(14-16-24)22-11-9-21(10-12-22)20-5-3-2-4-6-20/h2-8,11,13-18,21H,9-10,12H2,1H3. The molecule has 0 N–H and O–H groups in total. The zero-order chi connectivity index (χ0) is 20.3. The molecule has 0 amide bonds. The van der Waals surface area contributed by atoms with Crippen molar-refractivity contribution in [2.24, 2.45) is 0 Å². The van der Waals surface area contributed by atoms with Crippen LogP contribution in [0.5, 0.6) is 5.75 Å². The average Bonchev–Trinajstić information content (AvgIpc) is 2.75. The van der Waals surface area contributed by atoms with Crippen molar-refractivity contribution in [1.82, 2.24) is 0 Å². The van der Waals surface area contributed by atoms with Crippen LogP contribution in [0.25, 0.3) is 5.57 Å². The molecule has 1 atom stereocenters. The topological polar surface area (TPSA) is 43.4 Å². The molecule has 3 aromatic rings. The number of hydrogen-bond acceptors (Lipinski definition) is 3. The molecule has 0 radical (unpaired) electrons. The molecule has 4 rings (SSSR count). The van der Waals surface area contributed by atoms with Gasteiger partial charge in [-0.15, -0.1) is 0 Å². The van der Waals surface area contributed by atoms with E-state index in [0.717, 1.165) is 30.4 Å². The van der Waals surface area contributed by atoms with Crippen LogP contribution in [0.1, 0.15) is 41.9 Å². The van der Waals surface area contributed by atoms with Gasteiger partial charge in [-0.25, -0.2) is 0 Å². The summed E-state index contributed by atoms with van der Waals surface area (Å²) in [6.45, 7) is 1.91. The molecular weight excluding hydrogens is 380 g/mol. The molecule has 1 aliphatic carbocycles. The Morgan fingerprint density at radius 2 is 1.55 bits per heavy atom. The molecular formula is C25H24O3S. The fourth-order valence-corrected chi connectivity index (χ4v) is 4.66. The van der Waals surface area contributed by atoms with Crippen LogP contribution in [-0.4, -0.2) is 8.42 Å². The second-order valence-corrected chi connectivity index (χ2v) is 9.03. The number of benzene rings is 3. The quantitative estimate of drug-likeness (QED) is 0.482. The molecule has 0 fully saturated rings. The highest BCUT2D eigenvalue weighted by Crippen LogP contribution is 2.36. The van der Waals surface area contributed by atoms with Gasteiger partial charge in [-0.05, 0) is 73.1 Å². The normalized spacial score (nSPS) is 16.9. The lowest BCUT2D eigenvalue weighted by atomic mass is 9.83. The van der Waals surface area contributed by atoms with Crippen LogP contribution in [0.15, 0.2) is 89.8 Å². The third-order valence-electron chi connectivity index (χ3n) is 5.42. The van der Waals surface area contributed by atoms with Crippen molar-refractivity contribution < 1.29 is 12.6 Å². The van der Waals surface area contributed by atoms with Crippen LogP contribution in [0.4, 0.5) is 0 Å². The summed E-state index contributed by atoms with van der Waals surface area (Å²) in [4.78, 5) is 0.161. The Morgan fingerprint density at radius 3 is 2.17 bits per heavy atom. The summed E-state index contributed by atoms with van der Waals surface area (Å²) in [5, 5.41) is 0. The Balaban J connectivity index is 1.44. The van der Waals surface area contributed by atoms with Gasteiger partial charge < -0.3 is 4.18 Å². The molecule has 3 aromatic carbocycles. The van der Waals surface area contributed by atoms with Gasteiger partial charge in [-0.1, -0.05) is 66.2 Å². The van der Waals surface area contributed by atoms with Gasteiger partial charge in [0.1, 0.15) is 10.6 Å². The highest BCUT2D eigenvalue weighted by Gasteiger charge is 2.18. The van der Waals surface area contributed by atoms with Crippen molar-refractivity contribution in [2.45, 2.75) is 37.0 Å². The number of rotatable bonds is 5. The first-order chi connectivity index (χ1) is 14.0. The molecule has 0 bridgehead atoms. The van der Waals surface area contributed by atoms with Crippen LogP contribution in [-0.2, 0) is 10.1 Å². The van der Waals surface area contributed by atoms with Gasteiger partial charge in [0, 0.05) is 0 Å². The first-order valence-corrected chi connectivity index (χ1v) is 11.3. The van der Waals surface area contributed by atoms with Gasteiger partial charge in [0.15, 0.2) is 0 Å². The van der Waals surface area contributed by atoms with E-state index >= 15 is 0 Å². The molecule has 148 valence electrons. The van der Waals surface area contributed by atoms with Crippen LogP contribution in [0, 0.1) is 6.92 Å². The van der Waals surface area contributed by atoms with Crippen molar-refractivity contribution in [3.63, 3.8) is 0 Å². The van der Waals surface area contributed by atoms with Crippen molar-refractivity contribution in [3.8, 4) is 5.75 Å². The van der Waals surface area contributed by atoms with E-state index in [1.807, 2.05) is 19.1 Å². The first kappa shape index (κ1) is 19.5. The SMILES string of the molecule is Cc1ccc(S(=O)(=O)Oc2ccc(C3=CCC(c4ccccc4)CC3)cc2)cc1. The van der Waals surface area contributed by atoms with E-state index in [9.17, 15) is 8.42 Å². The summed E-state index contributed by atoms with van der Waals surface area (Å²) < 4.78 is 30.2. The summed E-state index contributed by atoms with van der Waals surface area (Å²) in [7, 11) is -3.82. The molecule has 0 heterocycles. The van der Waals surface area contributed by atoms with Gasteiger partial charge in [0.05, 0.1) is 0 Å². The summed E-state index contributed by atoms with van der Waals surface area (Å²) in [5.74, 6) is 0.898. The zero-order valence-electron chi connectivity index (χ0n) is 16.4. The lowest BCUT2D eigenvalue weighted by molar-refractivity contribution is 0.486. The van der Waals surface area contributed by atoms with Crippen LogP contribution in [0.3, 0.4) is 0 Å². The molecule has 0 aromatic heterocycles. The van der Waals surface area contributed by atoms with Gasteiger partial charge in [-0.3, -0.25) is 0 Å². The van der Waals surface area contributed by atoms with Crippen molar-refractivity contribution >= 4 is 15.7 Å². The maximum absolute atomic E-state index is 12.4. The van der Waals surface area contributed by atoms with E-state index in [1.165, 1.54) is 11.1 Å². The predicted molar refractivity (Wildman–Crippen MR) is 116 cm³/mol. The molecule has 29 heavy (non-hydrogen) atoms. The second kappa shape index (κ2) is 8.26. The Bertz CT molecular complexity index is 1100. The Hall–Kier alpha value is -2.85. The van der Waals surface area contributed by atoms with E-state index in [4.69, 9.17) is 4.18 Å². The summed E-state index contributed by atoms with van der Waals surface area (Å²) in [5.41, 5.74) is 4.83. The van der Waals surface area contributed by atoms with Crippen molar-refractivity contribution in [3.05, 3.63) is 102 Å². The lowest BCUT2D eigenvalue weighted by Crippen LogP contribution is -2.09. The van der Waals surface area contributed by atoms with Gasteiger partial charge in [0.2, 0.25) is 0 Å². The maximum Gasteiger partial charge on any atom is 0.339 e. The van der Waals surface area contributed by atoms with E-state index in [2.05, 4.69) is 36.4 Å². The number of allylic oxidation sites excluding steroid dienone is 2. The fourth-order valence-electron chi connectivity index (χ4n) is 3.73.